The van der Waals surface area contributed by atoms with Crippen molar-refractivity contribution in [1.82, 2.24) is 9.78 Å². The van der Waals surface area contributed by atoms with Gasteiger partial charge in [0.1, 0.15) is 0 Å². The number of carbonyl (C=O) groups excluding carboxylic acids is 1. The fourth-order valence-corrected chi connectivity index (χ4v) is 2.07. The van der Waals surface area contributed by atoms with Gasteiger partial charge in [-0.2, -0.15) is 18.3 Å². The summed E-state index contributed by atoms with van der Waals surface area (Å²) in [7, 11) is 0. The smallest absolute Gasteiger partial charge is 0.475 e. The van der Waals surface area contributed by atoms with E-state index in [1.807, 2.05) is 0 Å². The first-order valence-electron chi connectivity index (χ1n) is 7.60. The lowest BCUT2D eigenvalue weighted by Gasteiger charge is -2.20. The standard InChI is InChI=1S/C14H16Cl2N4O.C2HF3O2/c1-14(2,8-17)13(21)18-12-5-6-20(19-12)11-4-3-9(15)7-10(11)16;3-2(4,5)1(6)7/h3-7H,8,17H2,1-2H3,(H,18,19,21);(H,6,7). The first kappa shape index (κ1) is 23.7. The Morgan fingerprint density at radius 1 is 1.25 bits per heavy atom. The number of hydrogen-bond acceptors (Lipinski definition) is 4. The molecule has 2 aromatic rings. The number of rotatable bonds is 4. The summed E-state index contributed by atoms with van der Waals surface area (Å²) in [5.41, 5.74) is 5.60. The molecule has 1 aromatic heterocycles. The molecule has 1 aromatic carbocycles. The highest BCUT2D eigenvalue weighted by atomic mass is 35.5. The molecule has 0 unspecified atom stereocenters. The van der Waals surface area contributed by atoms with Gasteiger partial charge in [-0.25, -0.2) is 9.48 Å². The molecule has 12 heteroatoms. The quantitative estimate of drug-likeness (QED) is 0.670. The van der Waals surface area contributed by atoms with Crippen molar-refractivity contribution < 1.29 is 27.9 Å². The van der Waals surface area contributed by atoms with Crippen LogP contribution in [0.5, 0.6) is 0 Å². The van der Waals surface area contributed by atoms with Crippen LogP contribution in [0, 0.1) is 5.41 Å². The van der Waals surface area contributed by atoms with Crippen molar-refractivity contribution in [2.24, 2.45) is 11.1 Å². The Morgan fingerprint density at radius 3 is 2.29 bits per heavy atom. The summed E-state index contributed by atoms with van der Waals surface area (Å²) < 4.78 is 33.3. The van der Waals surface area contributed by atoms with Crippen molar-refractivity contribution in [3.8, 4) is 5.69 Å². The van der Waals surface area contributed by atoms with E-state index in [0.29, 0.717) is 21.6 Å². The van der Waals surface area contributed by atoms with Gasteiger partial charge in [0.25, 0.3) is 0 Å². The number of halogens is 5. The summed E-state index contributed by atoms with van der Waals surface area (Å²) >= 11 is 12.0. The minimum absolute atomic E-state index is 0.183. The maximum Gasteiger partial charge on any atom is 0.490 e. The van der Waals surface area contributed by atoms with Gasteiger partial charge in [-0.15, -0.1) is 0 Å². The molecule has 2 rings (SSSR count). The molecule has 0 bridgehead atoms. The van der Waals surface area contributed by atoms with Gasteiger partial charge < -0.3 is 16.2 Å². The average molecular weight is 441 g/mol. The highest BCUT2D eigenvalue weighted by Gasteiger charge is 2.38. The molecule has 0 saturated carbocycles. The summed E-state index contributed by atoms with van der Waals surface area (Å²) in [6.45, 7) is 3.80. The van der Waals surface area contributed by atoms with Gasteiger partial charge in [-0.3, -0.25) is 4.79 Å². The fraction of sp³-hybridized carbons (Fsp3) is 0.312. The van der Waals surface area contributed by atoms with Crippen LogP contribution in [0.1, 0.15) is 13.8 Å². The monoisotopic (exact) mass is 440 g/mol. The lowest BCUT2D eigenvalue weighted by atomic mass is 9.93. The maximum absolute atomic E-state index is 12.0. The number of nitrogens with two attached hydrogens (primary N) is 1. The van der Waals surface area contributed by atoms with Gasteiger partial charge in [0, 0.05) is 23.8 Å². The Morgan fingerprint density at radius 2 is 1.82 bits per heavy atom. The second kappa shape index (κ2) is 9.26. The van der Waals surface area contributed by atoms with Crippen molar-refractivity contribution in [3.63, 3.8) is 0 Å². The maximum atomic E-state index is 12.0. The van der Waals surface area contributed by atoms with Crippen LogP contribution in [0.15, 0.2) is 30.5 Å². The summed E-state index contributed by atoms with van der Waals surface area (Å²) in [4.78, 5) is 20.9. The highest BCUT2D eigenvalue weighted by molar-refractivity contribution is 6.35. The lowest BCUT2D eigenvalue weighted by molar-refractivity contribution is -0.192. The number of hydrogen-bond donors (Lipinski definition) is 3. The predicted molar refractivity (Wildman–Crippen MR) is 98.7 cm³/mol. The third kappa shape index (κ3) is 6.70. The zero-order chi connectivity index (χ0) is 21.7. The van der Waals surface area contributed by atoms with Crippen molar-refractivity contribution in [2.45, 2.75) is 20.0 Å². The number of alkyl halides is 3. The molecule has 0 fully saturated rings. The van der Waals surface area contributed by atoms with Gasteiger partial charge >= 0.3 is 12.1 Å². The van der Waals surface area contributed by atoms with Crippen molar-refractivity contribution in [2.75, 3.05) is 11.9 Å². The molecule has 1 heterocycles. The van der Waals surface area contributed by atoms with Crippen LogP contribution >= 0.6 is 23.2 Å². The summed E-state index contributed by atoms with van der Waals surface area (Å²) in [5, 5.41) is 15.2. The number of benzene rings is 1. The van der Waals surface area contributed by atoms with Gasteiger partial charge in [-0.1, -0.05) is 23.2 Å². The van der Waals surface area contributed by atoms with E-state index in [-0.39, 0.29) is 12.5 Å². The van der Waals surface area contributed by atoms with E-state index >= 15 is 0 Å². The number of nitrogens with one attached hydrogen (secondary N) is 1. The van der Waals surface area contributed by atoms with E-state index in [1.165, 1.54) is 0 Å². The van der Waals surface area contributed by atoms with Crippen molar-refractivity contribution in [3.05, 3.63) is 40.5 Å². The molecular formula is C16H17Cl2F3N4O3. The molecule has 0 radical (unpaired) electrons. The minimum Gasteiger partial charge on any atom is -0.475 e. The Labute approximate surface area is 168 Å². The number of nitrogens with zero attached hydrogens (tertiary/aromatic N) is 2. The molecule has 0 saturated heterocycles. The molecule has 0 aliphatic heterocycles. The van der Waals surface area contributed by atoms with Gasteiger partial charge in [-0.05, 0) is 32.0 Å². The molecule has 0 aliphatic rings. The van der Waals surface area contributed by atoms with Crippen LogP contribution in [-0.4, -0.2) is 39.5 Å². The first-order valence-corrected chi connectivity index (χ1v) is 8.36. The first-order chi connectivity index (χ1) is 12.8. The van der Waals surface area contributed by atoms with Crippen LogP contribution in [0.3, 0.4) is 0 Å². The van der Waals surface area contributed by atoms with Gasteiger partial charge in [0.05, 0.1) is 16.1 Å². The number of aliphatic carboxylic acids is 1. The number of carboxylic acids is 1. The summed E-state index contributed by atoms with van der Waals surface area (Å²) in [6.07, 6.45) is -3.37. The zero-order valence-electron chi connectivity index (χ0n) is 14.7. The summed E-state index contributed by atoms with van der Waals surface area (Å²) in [6, 6.07) is 6.80. The van der Waals surface area contributed by atoms with Crippen LogP contribution in [0.25, 0.3) is 5.69 Å². The van der Waals surface area contributed by atoms with Crippen molar-refractivity contribution >= 4 is 40.9 Å². The minimum atomic E-state index is -5.08. The third-order valence-corrected chi connectivity index (χ3v) is 3.89. The Bertz CT molecular complexity index is 854. The number of aromatic nitrogens is 2. The van der Waals surface area contributed by atoms with E-state index < -0.39 is 17.6 Å². The second-order valence-corrected chi connectivity index (χ2v) is 6.93. The normalized spacial score (nSPS) is 11.4. The molecule has 0 atom stereocenters. The van der Waals surface area contributed by atoms with Crippen LogP contribution in [0.2, 0.25) is 10.0 Å². The fourth-order valence-electron chi connectivity index (χ4n) is 1.57. The van der Waals surface area contributed by atoms with Gasteiger partial charge in [0.2, 0.25) is 5.91 Å². The third-order valence-electron chi connectivity index (χ3n) is 3.35. The second-order valence-electron chi connectivity index (χ2n) is 6.09. The Kier molecular flexibility index (Phi) is 7.85. The molecule has 28 heavy (non-hydrogen) atoms. The molecule has 0 spiro atoms. The van der Waals surface area contributed by atoms with Crippen LogP contribution in [-0.2, 0) is 9.59 Å². The molecule has 0 aliphatic carbocycles. The van der Waals surface area contributed by atoms with Gasteiger partial charge in [0.15, 0.2) is 5.82 Å². The SMILES string of the molecule is CC(C)(CN)C(=O)Nc1ccn(-c2ccc(Cl)cc2Cl)n1.O=C(O)C(F)(F)F. The van der Waals surface area contributed by atoms with Crippen LogP contribution < -0.4 is 11.1 Å². The Hall–Kier alpha value is -2.30. The Balaban J connectivity index is 0.000000480. The number of anilines is 1. The number of amides is 1. The van der Waals surface area contributed by atoms with Crippen LogP contribution in [0.4, 0.5) is 19.0 Å². The topological polar surface area (TPSA) is 110 Å². The van der Waals surface area contributed by atoms with E-state index in [2.05, 4.69) is 10.4 Å². The molecule has 4 N–H and O–H groups in total. The van der Waals surface area contributed by atoms with E-state index in [1.54, 1.807) is 49.0 Å². The summed E-state index contributed by atoms with van der Waals surface area (Å²) in [5.74, 6) is -2.50. The molecule has 154 valence electrons. The predicted octanol–water partition coefficient (Wildman–Crippen LogP) is 3.74. The molecular weight excluding hydrogens is 424 g/mol. The highest BCUT2D eigenvalue weighted by Crippen LogP contribution is 2.25. The average Bonchev–Trinajstić information content (AvgIpc) is 3.02. The molecule has 7 nitrogen and oxygen atoms in total. The number of carbonyl (C=O) groups is 2. The van der Waals surface area contributed by atoms with E-state index in [0.717, 1.165) is 0 Å². The number of carboxylic acid groups (broad SMARTS) is 1. The van der Waals surface area contributed by atoms with E-state index in [4.69, 9.17) is 38.8 Å². The zero-order valence-corrected chi connectivity index (χ0v) is 16.2. The lowest BCUT2D eigenvalue weighted by Crippen LogP contribution is -2.37. The van der Waals surface area contributed by atoms with E-state index in [9.17, 15) is 18.0 Å². The largest absolute Gasteiger partial charge is 0.490 e. The van der Waals surface area contributed by atoms with Crippen molar-refractivity contribution in [1.29, 1.82) is 0 Å². The molecule has 1 amide bonds.